The molecular formula is C13H18N2O. The van der Waals surface area contributed by atoms with Crippen LogP contribution in [0.4, 0.5) is 5.69 Å². The lowest BCUT2D eigenvalue weighted by Gasteiger charge is -2.09. The van der Waals surface area contributed by atoms with Crippen LogP contribution in [0, 0.1) is 6.92 Å². The summed E-state index contributed by atoms with van der Waals surface area (Å²) in [5, 5.41) is 2.59. The lowest BCUT2D eigenvalue weighted by atomic mass is 10.0. The van der Waals surface area contributed by atoms with Crippen LogP contribution in [0.1, 0.15) is 34.8 Å². The van der Waals surface area contributed by atoms with Crippen molar-refractivity contribution in [1.82, 2.24) is 5.32 Å². The van der Waals surface area contributed by atoms with Gasteiger partial charge in [-0.1, -0.05) is 19.1 Å². The lowest BCUT2D eigenvalue weighted by Crippen LogP contribution is -2.19. The van der Waals surface area contributed by atoms with Crippen LogP contribution in [0.2, 0.25) is 0 Å². The van der Waals surface area contributed by atoms with E-state index < -0.39 is 0 Å². The van der Waals surface area contributed by atoms with Gasteiger partial charge < -0.3 is 11.1 Å². The summed E-state index contributed by atoms with van der Waals surface area (Å²) < 4.78 is 0. The molecule has 0 aromatic heterocycles. The molecule has 0 fully saturated rings. The number of nitrogens with one attached hydrogen (secondary N) is 1. The topological polar surface area (TPSA) is 55.1 Å². The molecule has 3 N–H and O–H groups in total. The molecule has 86 valence electrons. The van der Waals surface area contributed by atoms with Gasteiger partial charge in [-0.2, -0.15) is 0 Å². The van der Waals surface area contributed by atoms with E-state index in [4.69, 9.17) is 5.73 Å². The van der Waals surface area contributed by atoms with Gasteiger partial charge in [0.2, 0.25) is 0 Å². The summed E-state index contributed by atoms with van der Waals surface area (Å²) in [6.07, 6.45) is 5.02. The quantitative estimate of drug-likeness (QED) is 0.765. The van der Waals surface area contributed by atoms with Crippen molar-refractivity contribution in [3.8, 4) is 0 Å². The first kappa shape index (κ1) is 12.3. The number of benzene rings is 1. The van der Waals surface area contributed by atoms with Crippen LogP contribution >= 0.6 is 0 Å². The largest absolute Gasteiger partial charge is 0.398 e. The first-order valence-electron chi connectivity index (χ1n) is 5.38. The minimum Gasteiger partial charge on any atom is -0.398 e. The second-order valence-corrected chi connectivity index (χ2v) is 3.69. The van der Waals surface area contributed by atoms with Gasteiger partial charge in [0.1, 0.15) is 0 Å². The Morgan fingerprint density at radius 3 is 2.75 bits per heavy atom. The minimum absolute atomic E-state index is 0.146. The summed E-state index contributed by atoms with van der Waals surface area (Å²) in [6, 6.07) is 3.79. The van der Waals surface area contributed by atoms with Crippen LogP contribution in [-0.4, -0.2) is 13.0 Å². The van der Waals surface area contributed by atoms with E-state index in [1.54, 1.807) is 7.05 Å². The highest BCUT2D eigenvalue weighted by atomic mass is 16.1. The third-order valence-corrected chi connectivity index (χ3v) is 2.43. The molecule has 0 aliphatic rings. The van der Waals surface area contributed by atoms with Gasteiger partial charge in [0, 0.05) is 12.7 Å². The predicted molar refractivity (Wildman–Crippen MR) is 68.3 cm³/mol. The third-order valence-electron chi connectivity index (χ3n) is 2.43. The Morgan fingerprint density at radius 2 is 2.19 bits per heavy atom. The van der Waals surface area contributed by atoms with Crippen LogP contribution in [0.3, 0.4) is 0 Å². The van der Waals surface area contributed by atoms with Crippen molar-refractivity contribution in [1.29, 1.82) is 0 Å². The second kappa shape index (κ2) is 5.35. The van der Waals surface area contributed by atoms with E-state index in [0.29, 0.717) is 11.3 Å². The zero-order valence-electron chi connectivity index (χ0n) is 10.0. The van der Waals surface area contributed by atoms with Gasteiger partial charge in [-0.3, -0.25) is 4.79 Å². The van der Waals surface area contributed by atoms with Gasteiger partial charge in [-0.05, 0) is 36.6 Å². The van der Waals surface area contributed by atoms with E-state index in [-0.39, 0.29) is 5.91 Å². The molecule has 1 aromatic rings. The molecule has 3 nitrogen and oxygen atoms in total. The molecule has 0 heterocycles. The number of nitrogens with two attached hydrogens (primary N) is 1. The fourth-order valence-electron chi connectivity index (χ4n) is 1.50. The molecule has 1 rings (SSSR count). The Hall–Kier alpha value is -1.77. The maximum atomic E-state index is 11.6. The molecule has 1 aromatic carbocycles. The Morgan fingerprint density at radius 1 is 1.50 bits per heavy atom. The number of aryl methyl sites for hydroxylation is 1. The van der Waals surface area contributed by atoms with Crippen molar-refractivity contribution in [2.45, 2.75) is 20.3 Å². The number of hydrogen-bond donors (Lipinski definition) is 2. The van der Waals surface area contributed by atoms with Crippen molar-refractivity contribution >= 4 is 17.7 Å². The number of anilines is 1. The van der Waals surface area contributed by atoms with E-state index in [2.05, 4.69) is 18.3 Å². The molecule has 0 unspecified atom stereocenters. The van der Waals surface area contributed by atoms with E-state index in [0.717, 1.165) is 17.5 Å². The minimum atomic E-state index is -0.146. The maximum Gasteiger partial charge on any atom is 0.253 e. The first-order chi connectivity index (χ1) is 7.60. The summed E-state index contributed by atoms with van der Waals surface area (Å²) in [5.74, 6) is -0.146. The van der Waals surface area contributed by atoms with E-state index in [1.807, 2.05) is 25.1 Å². The monoisotopic (exact) mass is 218 g/mol. The van der Waals surface area contributed by atoms with Gasteiger partial charge in [-0.15, -0.1) is 0 Å². The Kier molecular flexibility index (Phi) is 4.11. The van der Waals surface area contributed by atoms with Crippen molar-refractivity contribution in [3.05, 3.63) is 34.9 Å². The molecule has 0 spiro atoms. The highest BCUT2D eigenvalue weighted by Gasteiger charge is 2.10. The van der Waals surface area contributed by atoms with Crippen LogP contribution in [-0.2, 0) is 0 Å². The molecule has 0 radical (unpaired) electrons. The number of carbonyl (C=O) groups excluding carboxylic acids is 1. The molecule has 0 aliphatic carbocycles. The van der Waals surface area contributed by atoms with Gasteiger partial charge in [0.05, 0.1) is 5.56 Å². The Balaban J connectivity index is 3.22. The average Bonchev–Trinajstić information content (AvgIpc) is 2.29. The number of carbonyl (C=O) groups is 1. The highest BCUT2D eigenvalue weighted by molar-refractivity contribution is 6.00. The number of allylic oxidation sites excluding steroid dienone is 1. The fraction of sp³-hybridized carbons (Fsp3) is 0.308. The van der Waals surface area contributed by atoms with Crippen LogP contribution in [0.25, 0.3) is 6.08 Å². The highest BCUT2D eigenvalue weighted by Crippen LogP contribution is 2.20. The number of rotatable bonds is 3. The van der Waals surface area contributed by atoms with E-state index in [1.165, 1.54) is 0 Å². The van der Waals surface area contributed by atoms with Crippen LogP contribution < -0.4 is 11.1 Å². The van der Waals surface area contributed by atoms with Crippen LogP contribution in [0.5, 0.6) is 0 Å². The zero-order chi connectivity index (χ0) is 12.1. The van der Waals surface area contributed by atoms with E-state index >= 15 is 0 Å². The molecule has 0 aliphatic heterocycles. The molecule has 1 amide bonds. The van der Waals surface area contributed by atoms with Crippen molar-refractivity contribution in [3.63, 3.8) is 0 Å². The lowest BCUT2D eigenvalue weighted by molar-refractivity contribution is 0.0964. The Labute approximate surface area is 96.3 Å². The normalized spacial score (nSPS) is 10.7. The molecule has 0 saturated heterocycles. The van der Waals surface area contributed by atoms with Crippen molar-refractivity contribution in [2.75, 3.05) is 12.8 Å². The fourth-order valence-corrected chi connectivity index (χ4v) is 1.50. The SMILES string of the molecule is CCC=Cc1cc(C)c(N)c(C(=O)NC)c1. The summed E-state index contributed by atoms with van der Waals surface area (Å²) in [5.41, 5.74) is 8.90. The van der Waals surface area contributed by atoms with Gasteiger partial charge in [0.15, 0.2) is 0 Å². The average molecular weight is 218 g/mol. The maximum absolute atomic E-state index is 11.6. The molecular weight excluding hydrogens is 200 g/mol. The first-order valence-corrected chi connectivity index (χ1v) is 5.38. The molecule has 0 saturated carbocycles. The summed E-state index contributed by atoms with van der Waals surface area (Å²) in [6.45, 7) is 3.98. The molecule has 0 atom stereocenters. The molecule has 16 heavy (non-hydrogen) atoms. The van der Waals surface area contributed by atoms with Gasteiger partial charge in [0.25, 0.3) is 5.91 Å². The Bertz CT molecular complexity index is 422. The summed E-state index contributed by atoms with van der Waals surface area (Å²) in [4.78, 5) is 11.6. The molecule has 3 heteroatoms. The standard InChI is InChI=1S/C13H18N2O/c1-4-5-6-10-7-9(2)12(14)11(8-10)13(16)15-3/h5-8H,4,14H2,1-3H3,(H,15,16). The summed E-state index contributed by atoms with van der Waals surface area (Å²) >= 11 is 0. The van der Waals surface area contributed by atoms with E-state index in [9.17, 15) is 4.79 Å². The van der Waals surface area contributed by atoms with Gasteiger partial charge in [-0.25, -0.2) is 0 Å². The van der Waals surface area contributed by atoms with Gasteiger partial charge >= 0.3 is 0 Å². The number of hydrogen-bond acceptors (Lipinski definition) is 2. The zero-order valence-corrected chi connectivity index (χ0v) is 10.0. The second-order valence-electron chi connectivity index (χ2n) is 3.69. The summed E-state index contributed by atoms with van der Waals surface area (Å²) in [7, 11) is 1.60. The third kappa shape index (κ3) is 2.63. The van der Waals surface area contributed by atoms with Crippen LogP contribution in [0.15, 0.2) is 18.2 Å². The predicted octanol–water partition coefficient (Wildman–Crippen LogP) is 2.36. The number of amides is 1. The molecule has 0 bridgehead atoms. The smallest absolute Gasteiger partial charge is 0.253 e. The van der Waals surface area contributed by atoms with Crippen molar-refractivity contribution < 1.29 is 4.79 Å². The van der Waals surface area contributed by atoms with Crippen molar-refractivity contribution in [2.24, 2.45) is 0 Å². The number of nitrogen functional groups attached to an aromatic ring is 1.